The molecular formula is C25H27N3O3S2. The summed E-state index contributed by atoms with van der Waals surface area (Å²) >= 11 is 1.49. The van der Waals surface area contributed by atoms with Gasteiger partial charge in [0.25, 0.3) is 0 Å². The van der Waals surface area contributed by atoms with E-state index in [1.807, 2.05) is 12.1 Å². The van der Waals surface area contributed by atoms with Gasteiger partial charge in [0.1, 0.15) is 0 Å². The Morgan fingerprint density at radius 2 is 1.88 bits per heavy atom. The molecule has 0 atom stereocenters. The maximum absolute atomic E-state index is 12.7. The highest BCUT2D eigenvalue weighted by Gasteiger charge is 2.23. The minimum absolute atomic E-state index is 0.0796. The van der Waals surface area contributed by atoms with Crippen LogP contribution in [0.1, 0.15) is 40.1 Å². The third-order valence-electron chi connectivity index (χ3n) is 6.33. The summed E-state index contributed by atoms with van der Waals surface area (Å²) in [6.07, 6.45) is 3.78. The van der Waals surface area contributed by atoms with E-state index >= 15 is 0 Å². The topological polar surface area (TPSA) is 79.4 Å². The molecule has 0 radical (unpaired) electrons. The average Bonchev–Trinajstić information content (AvgIpc) is 3.44. The third-order valence-corrected chi connectivity index (χ3v) is 9.04. The maximum Gasteiger partial charge on any atom is 0.227 e. The number of aromatic nitrogens is 1. The summed E-state index contributed by atoms with van der Waals surface area (Å²) in [4.78, 5) is 20.9. The number of nitrogens with one attached hydrogen (secondary N) is 1. The molecule has 2 heterocycles. The zero-order valence-electron chi connectivity index (χ0n) is 18.4. The second-order valence-electron chi connectivity index (χ2n) is 8.74. The van der Waals surface area contributed by atoms with Crippen molar-refractivity contribution in [2.45, 2.75) is 50.1 Å². The van der Waals surface area contributed by atoms with Gasteiger partial charge in [0.2, 0.25) is 5.91 Å². The van der Waals surface area contributed by atoms with Crippen LogP contribution in [0.25, 0.3) is 0 Å². The number of carbonyl (C=O) groups is 1. The minimum atomic E-state index is -3.49. The zero-order valence-corrected chi connectivity index (χ0v) is 20.1. The van der Waals surface area contributed by atoms with Gasteiger partial charge in [0.15, 0.2) is 15.0 Å². The molecule has 2 aromatic carbocycles. The van der Waals surface area contributed by atoms with Gasteiger partial charge in [0, 0.05) is 37.4 Å². The lowest BCUT2D eigenvalue weighted by Gasteiger charge is -2.25. The summed E-state index contributed by atoms with van der Waals surface area (Å²) in [7, 11) is -3.49. The smallest absolute Gasteiger partial charge is 0.227 e. The molecule has 1 amide bonds. The second-order valence-corrected chi connectivity index (χ2v) is 11.9. The van der Waals surface area contributed by atoms with Gasteiger partial charge in [-0.2, -0.15) is 0 Å². The molecule has 1 aliphatic heterocycles. The molecule has 5 rings (SSSR count). The molecule has 0 bridgehead atoms. The largest absolute Gasteiger partial charge is 0.302 e. The lowest BCUT2D eigenvalue weighted by molar-refractivity contribution is -0.115. The summed E-state index contributed by atoms with van der Waals surface area (Å²) in [5.74, 6) is -0.514. The summed E-state index contributed by atoms with van der Waals surface area (Å²) in [5.41, 5.74) is 4.67. The first-order valence-electron chi connectivity index (χ1n) is 11.4. The number of sulfone groups is 1. The molecule has 0 spiro atoms. The quantitative estimate of drug-likeness (QED) is 0.552. The van der Waals surface area contributed by atoms with Gasteiger partial charge in [-0.15, -0.1) is 11.3 Å². The van der Waals surface area contributed by atoms with Crippen molar-refractivity contribution < 1.29 is 13.2 Å². The van der Waals surface area contributed by atoms with E-state index < -0.39 is 9.84 Å². The first-order chi connectivity index (χ1) is 16.0. The van der Waals surface area contributed by atoms with Crippen molar-refractivity contribution in [1.29, 1.82) is 0 Å². The van der Waals surface area contributed by atoms with Gasteiger partial charge in [0.05, 0.1) is 16.3 Å². The van der Waals surface area contributed by atoms with Gasteiger partial charge < -0.3 is 5.32 Å². The number of aryl methyl sites for hydroxylation is 2. The molecule has 8 heteroatoms. The van der Waals surface area contributed by atoms with Crippen LogP contribution in [0.3, 0.4) is 0 Å². The Hall–Kier alpha value is -2.55. The van der Waals surface area contributed by atoms with Gasteiger partial charge in [-0.05, 0) is 48.1 Å². The predicted octanol–water partition coefficient (Wildman–Crippen LogP) is 3.99. The van der Waals surface area contributed by atoms with Gasteiger partial charge in [-0.3, -0.25) is 9.69 Å². The molecule has 1 N–H and O–H groups in total. The monoisotopic (exact) mass is 481 g/mol. The lowest BCUT2D eigenvalue weighted by Crippen LogP contribution is -2.29. The SMILES string of the molecule is O=C(CCS(=O)(=O)c1ccc2c(c1)CCC2)Nc1nc2c(s1)CN(Cc1ccccc1)CC2. The Labute approximate surface area is 198 Å². The Balaban J connectivity index is 1.17. The molecule has 3 aromatic rings. The highest BCUT2D eigenvalue weighted by Crippen LogP contribution is 2.29. The molecule has 33 heavy (non-hydrogen) atoms. The molecule has 6 nitrogen and oxygen atoms in total. The number of fused-ring (bicyclic) bond motifs is 2. The number of hydrogen-bond donors (Lipinski definition) is 1. The predicted molar refractivity (Wildman–Crippen MR) is 130 cm³/mol. The Kier molecular flexibility index (Phi) is 6.32. The van der Waals surface area contributed by atoms with Gasteiger partial charge in [-0.25, -0.2) is 13.4 Å². The van der Waals surface area contributed by atoms with Crippen molar-refractivity contribution in [3.05, 3.63) is 75.8 Å². The fourth-order valence-corrected chi connectivity index (χ4v) is 6.90. The molecule has 0 unspecified atom stereocenters. The van der Waals surface area contributed by atoms with Gasteiger partial charge in [-0.1, -0.05) is 36.4 Å². The van der Waals surface area contributed by atoms with Crippen molar-refractivity contribution in [2.75, 3.05) is 17.6 Å². The van der Waals surface area contributed by atoms with Crippen LogP contribution in [-0.4, -0.2) is 36.5 Å². The zero-order chi connectivity index (χ0) is 22.8. The highest BCUT2D eigenvalue weighted by molar-refractivity contribution is 7.91. The van der Waals surface area contributed by atoms with E-state index in [1.54, 1.807) is 12.1 Å². The molecule has 0 fully saturated rings. The Bertz CT molecular complexity index is 1270. The van der Waals surface area contributed by atoms with Crippen molar-refractivity contribution >= 4 is 32.2 Å². The molecule has 0 saturated heterocycles. The van der Waals surface area contributed by atoms with Crippen molar-refractivity contribution in [3.63, 3.8) is 0 Å². The van der Waals surface area contributed by atoms with Crippen LogP contribution in [0.15, 0.2) is 53.4 Å². The second kappa shape index (κ2) is 9.37. The van der Waals surface area contributed by atoms with Crippen LogP contribution in [0.5, 0.6) is 0 Å². The normalized spacial score (nSPS) is 15.8. The van der Waals surface area contributed by atoms with Crippen LogP contribution in [0.2, 0.25) is 0 Å². The average molecular weight is 482 g/mol. The summed E-state index contributed by atoms with van der Waals surface area (Å²) in [5, 5.41) is 3.37. The van der Waals surface area contributed by atoms with Crippen molar-refractivity contribution in [3.8, 4) is 0 Å². The summed E-state index contributed by atoms with van der Waals surface area (Å²) in [6, 6.07) is 15.8. The Morgan fingerprint density at radius 1 is 1.06 bits per heavy atom. The van der Waals surface area contributed by atoms with Crippen LogP contribution in [0, 0.1) is 0 Å². The number of thiazole rings is 1. The number of rotatable bonds is 7. The third kappa shape index (κ3) is 5.18. The van der Waals surface area contributed by atoms with Gasteiger partial charge >= 0.3 is 0 Å². The number of benzene rings is 2. The molecule has 0 saturated carbocycles. The first kappa shape index (κ1) is 22.3. The number of amides is 1. The summed E-state index contributed by atoms with van der Waals surface area (Å²) in [6.45, 7) is 2.63. The van der Waals surface area contributed by atoms with E-state index in [2.05, 4.69) is 39.5 Å². The standard InChI is InChI=1S/C25H27N3O3S2/c29-24(12-14-33(30,31)21-10-9-19-7-4-8-20(19)15-21)27-25-26-22-11-13-28(17-23(22)32-25)16-18-5-2-1-3-6-18/h1-3,5-6,9-10,15H,4,7-8,11-14,16-17H2,(H,26,27,29). The molecule has 2 aliphatic rings. The number of nitrogens with zero attached hydrogens (tertiary/aromatic N) is 2. The van der Waals surface area contributed by atoms with E-state index in [4.69, 9.17) is 0 Å². The fraction of sp³-hybridized carbons (Fsp3) is 0.360. The lowest BCUT2D eigenvalue weighted by atomic mass is 10.1. The summed E-state index contributed by atoms with van der Waals surface area (Å²) < 4.78 is 25.5. The number of carbonyl (C=O) groups excluding carboxylic acids is 1. The van der Waals surface area contributed by atoms with Crippen LogP contribution in [-0.2, 0) is 47.0 Å². The molecule has 172 valence electrons. The van der Waals surface area contributed by atoms with Crippen molar-refractivity contribution in [2.24, 2.45) is 0 Å². The van der Waals surface area contributed by atoms with E-state index in [-0.39, 0.29) is 18.1 Å². The Morgan fingerprint density at radius 3 is 2.73 bits per heavy atom. The minimum Gasteiger partial charge on any atom is -0.302 e. The van der Waals surface area contributed by atoms with E-state index in [1.165, 1.54) is 27.3 Å². The molecular weight excluding hydrogens is 454 g/mol. The molecule has 1 aromatic heterocycles. The van der Waals surface area contributed by atoms with Crippen LogP contribution < -0.4 is 5.32 Å². The van der Waals surface area contributed by atoms with Crippen LogP contribution in [0.4, 0.5) is 5.13 Å². The van der Waals surface area contributed by atoms with Crippen molar-refractivity contribution in [1.82, 2.24) is 9.88 Å². The number of anilines is 1. The fourth-order valence-electron chi connectivity index (χ4n) is 4.55. The van der Waals surface area contributed by atoms with E-state index in [9.17, 15) is 13.2 Å². The van der Waals surface area contributed by atoms with E-state index in [0.29, 0.717) is 10.0 Å². The maximum atomic E-state index is 12.7. The first-order valence-corrected chi connectivity index (χ1v) is 13.8. The van der Waals surface area contributed by atoms with Crippen LogP contribution >= 0.6 is 11.3 Å². The highest BCUT2D eigenvalue weighted by atomic mass is 32.2. The number of hydrogen-bond acceptors (Lipinski definition) is 6. The molecule has 1 aliphatic carbocycles. The van der Waals surface area contributed by atoms with E-state index in [0.717, 1.165) is 56.6 Å².